The molecule has 0 aromatic rings. The van der Waals surface area contributed by atoms with E-state index in [9.17, 15) is 9.90 Å². The summed E-state index contributed by atoms with van der Waals surface area (Å²) in [4.78, 5) is 11.3. The third kappa shape index (κ3) is 11.0. The molecule has 0 atom stereocenters. The van der Waals surface area contributed by atoms with Crippen LogP contribution in [0.1, 0.15) is 34.6 Å². The van der Waals surface area contributed by atoms with Crippen molar-refractivity contribution in [1.29, 1.82) is 0 Å². The lowest BCUT2D eigenvalue weighted by Gasteiger charge is -2.19. The van der Waals surface area contributed by atoms with E-state index in [1.165, 1.54) is 0 Å². The highest BCUT2D eigenvalue weighted by atomic mass is 16.6. The van der Waals surface area contributed by atoms with Crippen molar-refractivity contribution in [2.75, 3.05) is 6.54 Å². The van der Waals surface area contributed by atoms with Gasteiger partial charge in [-0.05, 0) is 40.2 Å². The topological polar surface area (TPSA) is 58.6 Å². The summed E-state index contributed by atoms with van der Waals surface area (Å²) < 4.78 is 5.07. The summed E-state index contributed by atoms with van der Waals surface area (Å²) in [6.07, 6.45) is 2.82. The van der Waals surface area contributed by atoms with E-state index in [1.54, 1.807) is 46.8 Å². The fourth-order valence-corrected chi connectivity index (χ4v) is 0.881. The lowest BCUT2D eigenvalue weighted by atomic mass is 10.1. The largest absolute Gasteiger partial charge is 0.444 e. The zero-order valence-electron chi connectivity index (χ0n) is 11.3. The van der Waals surface area contributed by atoms with Crippen LogP contribution >= 0.6 is 0 Å². The van der Waals surface area contributed by atoms with E-state index >= 15 is 0 Å². The molecule has 0 saturated carbocycles. The second-order valence-electron chi connectivity index (χ2n) is 5.50. The van der Waals surface area contributed by atoms with Crippen LogP contribution in [0.2, 0.25) is 0 Å². The summed E-state index contributed by atoms with van der Waals surface area (Å²) >= 11 is 0. The summed E-state index contributed by atoms with van der Waals surface area (Å²) in [5, 5.41) is 12.0. The quantitative estimate of drug-likeness (QED) is 0.743. The minimum Gasteiger partial charge on any atom is -0.444 e. The highest BCUT2D eigenvalue weighted by Crippen LogP contribution is 2.07. The number of rotatable bonds is 4. The van der Waals surface area contributed by atoms with Crippen LogP contribution in [0.3, 0.4) is 0 Å². The number of nitrogens with one attached hydrogen (secondary N) is 1. The third-order valence-corrected chi connectivity index (χ3v) is 1.59. The van der Waals surface area contributed by atoms with Gasteiger partial charge < -0.3 is 15.2 Å². The summed E-state index contributed by atoms with van der Waals surface area (Å²) in [7, 11) is 0. The second-order valence-corrected chi connectivity index (χ2v) is 5.50. The lowest BCUT2D eigenvalue weighted by molar-refractivity contribution is 0.0533. The van der Waals surface area contributed by atoms with E-state index in [-0.39, 0.29) is 0 Å². The monoisotopic (exact) mass is 241 g/mol. The van der Waals surface area contributed by atoms with Crippen LogP contribution in [0, 0.1) is 0 Å². The maximum absolute atomic E-state index is 11.3. The third-order valence-electron chi connectivity index (χ3n) is 1.59. The molecule has 2 N–H and O–H groups in total. The van der Waals surface area contributed by atoms with E-state index in [0.29, 0.717) is 12.1 Å². The molecule has 0 rings (SSSR count). The van der Waals surface area contributed by atoms with Crippen LogP contribution in [0.5, 0.6) is 0 Å². The fourth-order valence-electron chi connectivity index (χ4n) is 0.881. The number of hydrogen-bond donors (Lipinski definition) is 2. The van der Waals surface area contributed by atoms with Gasteiger partial charge in [-0.2, -0.15) is 0 Å². The molecule has 1 amide bonds. The SMILES string of the molecule is C=C(/C=C\C(C)(C)O)CNC(=O)OC(C)(C)C. The predicted octanol–water partition coefficient (Wildman–Crippen LogP) is 2.39. The van der Waals surface area contributed by atoms with E-state index in [4.69, 9.17) is 4.74 Å². The van der Waals surface area contributed by atoms with E-state index in [2.05, 4.69) is 11.9 Å². The molecule has 4 nitrogen and oxygen atoms in total. The van der Waals surface area contributed by atoms with Gasteiger partial charge in [0.25, 0.3) is 0 Å². The highest BCUT2D eigenvalue weighted by Gasteiger charge is 2.15. The molecule has 0 aliphatic carbocycles. The molecule has 17 heavy (non-hydrogen) atoms. The van der Waals surface area contributed by atoms with Gasteiger partial charge in [-0.1, -0.05) is 18.7 Å². The first-order valence-electron chi connectivity index (χ1n) is 5.56. The number of alkyl carbamates (subject to hydrolysis) is 1. The second kappa shape index (κ2) is 5.87. The Labute approximate surface area is 103 Å². The Balaban J connectivity index is 4.02. The normalized spacial score (nSPS) is 12.6. The van der Waals surface area contributed by atoms with Crippen molar-refractivity contribution >= 4 is 6.09 Å². The molecule has 0 aromatic carbocycles. The molecule has 0 bridgehead atoms. The molecule has 0 aliphatic heterocycles. The zero-order chi connectivity index (χ0) is 13.7. The van der Waals surface area contributed by atoms with Gasteiger partial charge in [-0.25, -0.2) is 4.79 Å². The Kier molecular flexibility index (Phi) is 5.42. The Morgan fingerprint density at radius 1 is 1.35 bits per heavy atom. The molecule has 0 unspecified atom stereocenters. The van der Waals surface area contributed by atoms with Crippen molar-refractivity contribution in [2.45, 2.75) is 45.8 Å². The van der Waals surface area contributed by atoms with Gasteiger partial charge >= 0.3 is 6.09 Å². The summed E-state index contributed by atoms with van der Waals surface area (Å²) in [5.41, 5.74) is -0.693. The number of amides is 1. The standard InChI is InChI=1S/C13H23NO3/c1-10(7-8-13(5,6)16)9-14-11(15)17-12(2,3)4/h7-8,16H,1,9H2,2-6H3,(H,14,15)/b8-7-. The first-order valence-corrected chi connectivity index (χ1v) is 5.56. The Morgan fingerprint density at radius 2 is 1.88 bits per heavy atom. The lowest BCUT2D eigenvalue weighted by Crippen LogP contribution is -2.33. The molecule has 4 heteroatoms. The van der Waals surface area contributed by atoms with Gasteiger partial charge in [0.2, 0.25) is 0 Å². The number of ether oxygens (including phenoxy) is 1. The van der Waals surface area contributed by atoms with Crippen LogP contribution in [0.15, 0.2) is 24.3 Å². The highest BCUT2D eigenvalue weighted by molar-refractivity contribution is 5.68. The minimum absolute atomic E-state index is 0.293. The molecule has 0 saturated heterocycles. The Hall–Kier alpha value is -1.29. The summed E-state index contributed by atoms with van der Waals surface area (Å²) in [6, 6.07) is 0. The number of aliphatic hydroxyl groups is 1. The van der Waals surface area contributed by atoms with Gasteiger partial charge in [-0.15, -0.1) is 0 Å². The molecule has 0 aromatic heterocycles. The molecule has 0 heterocycles. The van der Waals surface area contributed by atoms with Crippen LogP contribution in [-0.2, 0) is 4.74 Å². The van der Waals surface area contributed by atoms with Crippen molar-refractivity contribution in [3.8, 4) is 0 Å². The molecule has 98 valence electrons. The van der Waals surface area contributed by atoms with Crippen molar-refractivity contribution in [3.63, 3.8) is 0 Å². The van der Waals surface area contributed by atoms with Crippen LogP contribution < -0.4 is 5.32 Å². The Bertz CT molecular complexity index is 306. The van der Waals surface area contributed by atoms with E-state index in [1.807, 2.05) is 0 Å². The van der Waals surface area contributed by atoms with Gasteiger partial charge in [0.1, 0.15) is 5.60 Å². The smallest absolute Gasteiger partial charge is 0.407 e. The van der Waals surface area contributed by atoms with Crippen molar-refractivity contribution in [2.24, 2.45) is 0 Å². The van der Waals surface area contributed by atoms with Gasteiger partial charge in [0.15, 0.2) is 0 Å². The number of hydrogen-bond acceptors (Lipinski definition) is 3. The molecular formula is C13H23NO3. The number of carbonyl (C=O) groups is 1. The number of carbonyl (C=O) groups excluding carboxylic acids is 1. The average molecular weight is 241 g/mol. The predicted molar refractivity (Wildman–Crippen MR) is 68.8 cm³/mol. The van der Waals surface area contributed by atoms with E-state index < -0.39 is 17.3 Å². The minimum atomic E-state index is -0.880. The first kappa shape index (κ1) is 15.7. The fraction of sp³-hybridized carbons (Fsp3) is 0.615. The maximum Gasteiger partial charge on any atom is 0.407 e. The van der Waals surface area contributed by atoms with Crippen LogP contribution in [0.25, 0.3) is 0 Å². The molecular weight excluding hydrogens is 218 g/mol. The molecule has 0 spiro atoms. The maximum atomic E-state index is 11.3. The van der Waals surface area contributed by atoms with Gasteiger partial charge in [0.05, 0.1) is 5.60 Å². The molecule has 0 radical (unpaired) electrons. The molecule has 0 fully saturated rings. The first-order chi connectivity index (χ1) is 7.49. The van der Waals surface area contributed by atoms with Crippen molar-refractivity contribution in [3.05, 3.63) is 24.3 Å². The van der Waals surface area contributed by atoms with Crippen molar-refractivity contribution < 1.29 is 14.6 Å². The van der Waals surface area contributed by atoms with Crippen molar-refractivity contribution in [1.82, 2.24) is 5.32 Å². The summed E-state index contributed by atoms with van der Waals surface area (Å²) in [6.45, 7) is 12.8. The van der Waals surface area contributed by atoms with E-state index in [0.717, 1.165) is 0 Å². The Morgan fingerprint density at radius 3 is 2.29 bits per heavy atom. The summed E-state index contributed by atoms with van der Waals surface area (Å²) in [5.74, 6) is 0. The molecule has 0 aliphatic rings. The van der Waals surface area contributed by atoms with Crippen LogP contribution in [0.4, 0.5) is 4.79 Å². The average Bonchev–Trinajstić information content (AvgIpc) is 2.07. The van der Waals surface area contributed by atoms with Gasteiger partial charge in [-0.3, -0.25) is 0 Å². The van der Waals surface area contributed by atoms with Gasteiger partial charge in [0, 0.05) is 6.54 Å². The zero-order valence-corrected chi connectivity index (χ0v) is 11.3. The van der Waals surface area contributed by atoms with Crippen LogP contribution in [-0.4, -0.2) is 28.9 Å².